The Morgan fingerprint density at radius 2 is 1.78 bits per heavy atom. The van der Waals surface area contributed by atoms with E-state index in [2.05, 4.69) is 0 Å². The maximum absolute atomic E-state index is 12.1. The van der Waals surface area contributed by atoms with Crippen LogP contribution in [0.4, 0.5) is 0 Å². The molecule has 1 amide bonds. The van der Waals surface area contributed by atoms with E-state index in [9.17, 15) is 9.59 Å². The summed E-state index contributed by atoms with van der Waals surface area (Å²) in [6.45, 7) is 0. The first-order chi connectivity index (χ1) is 8.59. The molecule has 0 spiro atoms. The molecule has 3 nitrogen and oxygen atoms in total. The normalized spacial score (nSPS) is 16.7. The summed E-state index contributed by atoms with van der Waals surface area (Å²) in [5.41, 5.74) is 1.88. The SMILES string of the molecule is CN(C)C(=O)c1ccccc1C1CCC(=O)CC1. The predicted molar refractivity (Wildman–Crippen MR) is 70.7 cm³/mol. The molecule has 1 aliphatic rings. The van der Waals surface area contributed by atoms with E-state index < -0.39 is 0 Å². The van der Waals surface area contributed by atoms with Crippen LogP contribution in [0.1, 0.15) is 47.5 Å². The second-order valence-electron chi connectivity index (χ2n) is 5.10. The maximum atomic E-state index is 12.1. The monoisotopic (exact) mass is 245 g/mol. The van der Waals surface area contributed by atoms with E-state index in [4.69, 9.17) is 0 Å². The molecular formula is C15H19NO2. The molecule has 0 aromatic heterocycles. The highest BCUT2D eigenvalue weighted by atomic mass is 16.2. The van der Waals surface area contributed by atoms with Crippen LogP contribution in [0.15, 0.2) is 24.3 Å². The van der Waals surface area contributed by atoms with Gasteiger partial charge in [0.2, 0.25) is 0 Å². The predicted octanol–water partition coefficient (Wildman–Crippen LogP) is 2.62. The van der Waals surface area contributed by atoms with Crippen molar-refractivity contribution in [2.24, 2.45) is 0 Å². The summed E-state index contributed by atoms with van der Waals surface area (Å²) in [6, 6.07) is 7.78. The van der Waals surface area contributed by atoms with E-state index >= 15 is 0 Å². The van der Waals surface area contributed by atoms with Crippen LogP contribution in [0.5, 0.6) is 0 Å². The molecule has 1 aliphatic carbocycles. The minimum absolute atomic E-state index is 0.0440. The van der Waals surface area contributed by atoms with Crippen LogP contribution < -0.4 is 0 Å². The lowest BCUT2D eigenvalue weighted by molar-refractivity contribution is -0.120. The van der Waals surface area contributed by atoms with Crippen molar-refractivity contribution in [3.05, 3.63) is 35.4 Å². The summed E-state index contributed by atoms with van der Waals surface area (Å²) in [5.74, 6) is 0.743. The van der Waals surface area contributed by atoms with Gasteiger partial charge >= 0.3 is 0 Å². The molecule has 3 heteroatoms. The van der Waals surface area contributed by atoms with E-state index in [-0.39, 0.29) is 5.91 Å². The molecule has 0 aliphatic heterocycles. The number of ketones is 1. The molecule has 0 N–H and O–H groups in total. The van der Waals surface area contributed by atoms with Crippen molar-refractivity contribution in [1.29, 1.82) is 0 Å². The lowest BCUT2D eigenvalue weighted by Gasteiger charge is -2.24. The van der Waals surface area contributed by atoms with Gasteiger partial charge < -0.3 is 4.90 Å². The van der Waals surface area contributed by atoms with Crippen molar-refractivity contribution < 1.29 is 9.59 Å². The third-order valence-corrected chi connectivity index (χ3v) is 3.58. The van der Waals surface area contributed by atoms with Crippen LogP contribution >= 0.6 is 0 Å². The smallest absolute Gasteiger partial charge is 0.253 e. The standard InChI is InChI=1S/C15H19NO2/c1-16(2)15(18)14-6-4-3-5-13(14)11-7-9-12(17)10-8-11/h3-6,11H,7-10H2,1-2H3. The summed E-state index contributed by atoms with van der Waals surface area (Å²) in [7, 11) is 3.53. The zero-order chi connectivity index (χ0) is 13.1. The van der Waals surface area contributed by atoms with Crippen molar-refractivity contribution in [2.75, 3.05) is 14.1 Å². The Bertz CT molecular complexity index is 455. The van der Waals surface area contributed by atoms with E-state index in [0.717, 1.165) is 24.0 Å². The zero-order valence-corrected chi connectivity index (χ0v) is 11.0. The Morgan fingerprint density at radius 1 is 1.17 bits per heavy atom. The third kappa shape index (κ3) is 2.61. The number of hydrogen-bond acceptors (Lipinski definition) is 2. The number of hydrogen-bond donors (Lipinski definition) is 0. The first kappa shape index (κ1) is 12.8. The molecule has 0 saturated heterocycles. The fraction of sp³-hybridized carbons (Fsp3) is 0.467. The lowest BCUT2D eigenvalue weighted by Crippen LogP contribution is -2.24. The van der Waals surface area contributed by atoms with Crippen LogP contribution in [0, 0.1) is 0 Å². The van der Waals surface area contributed by atoms with Crippen LogP contribution in [0.3, 0.4) is 0 Å². The first-order valence-electron chi connectivity index (χ1n) is 6.42. The van der Waals surface area contributed by atoms with Gasteiger partial charge in [0, 0.05) is 32.5 Å². The van der Waals surface area contributed by atoms with Gasteiger partial charge in [-0.15, -0.1) is 0 Å². The molecule has 96 valence electrons. The average molecular weight is 245 g/mol. The number of nitrogens with zero attached hydrogens (tertiary/aromatic N) is 1. The number of amides is 1. The number of Topliss-reactive ketones (excluding diaryl/α,β-unsaturated/α-hetero) is 1. The largest absolute Gasteiger partial charge is 0.345 e. The molecule has 0 atom stereocenters. The molecule has 1 saturated carbocycles. The summed E-state index contributed by atoms with van der Waals surface area (Å²) < 4.78 is 0. The van der Waals surface area contributed by atoms with Crippen molar-refractivity contribution in [2.45, 2.75) is 31.6 Å². The lowest BCUT2D eigenvalue weighted by atomic mass is 9.81. The topological polar surface area (TPSA) is 37.4 Å². The molecule has 18 heavy (non-hydrogen) atoms. The minimum atomic E-state index is 0.0440. The highest BCUT2D eigenvalue weighted by molar-refractivity contribution is 5.95. The Balaban J connectivity index is 2.27. The fourth-order valence-electron chi connectivity index (χ4n) is 2.54. The molecular weight excluding hydrogens is 226 g/mol. The minimum Gasteiger partial charge on any atom is -0.345 e. The average Bonchev–Trinajstić information content (AvgIpc) is 2.39. The second kappa shape index (κ2) is 5.34. The molecule has 0 heterocycles. The molecule has 0 bridgehead atoms. The number of benzene rings is 1. The highest BCUT2D eigenvalue weighted by Crippen LogP contribution is 2.33. The van der Waals surface area contributed by atoms with Gasteiger partial charge in [0.1, 0.15) is 5.78 Å². The third-order valence-electron chi connectivity index (χ3n) is 3.58. The van der Waals surface area contributed by atoms with Crippen LogP contribution in [-0.4, -0.2) is 30.7 Å². The van der Waals surface area contributed by atoms with E-state index in [1.165, 1.54) is 0 Å². The van der Waals surface area contributed by atoms with Crippen molar-refractivity contribution in [3.8, 4) is 0 Å². The Labute approximate surface area is 108 Å². The number of carbonyl (C=O) groups is 2. The van der Waals surface area contributed by atoms with Crippen molar-refractivity contribution in [1.82, 2.24) is 4.90 Å². The molecule has 1 aromatic carbocycles. The Kier molecular flexibility index (Phi) is 3.80. The van der Waals surface area contributed by atoms with Gasteiger partial charge in [-0.2, -0.15) is 0 Å². The Morgan fingerprint density at radius 3 is 2.39 bits per heavy atom. The van der Waals surface area contributed by atoms with Crippen molar-refractivity contribution in [3.63, 3.8) is 0 Å². The van der Waals surface area contributed by atoms with Gasteiger partial charge in [0.05, 0.1) is 0 Å². The molecule has 0 unspecified atom stereocenters. The van der Waals surface area contributed by atoms with Crippen molar-refractivity contribution >= 4 is 11.7 Å². The van der Waals surface area contributed by atoms with Crippen LogP contribution in [0.25, 0.3) is 0 Å². The number of carbonyl (C=O) groups excluding carboxylic acids is 2. The fourth-order valence-corrected chi connectivity index (χ4v) is 2.54. The second-order valence-corrected chi connectivity index (χ2v) is 5.10. The van der Waals surface area contributed by atoms with Gasteiger partial charge in [-0.25, -0.2) is 0 Å². The van der Waals surface area contributed by atoms with E-state index in [0.29, 0.717) is 24.5 Å². The van der Waals surface area contributed by atoms with Gasteiger partial charge in [-0.05, 0) is 30.4 Å². The van der Waals surface area contributed by atoms with Gasteiger partial charge in [0.25, 0.3) is 5.91 Å². The summed E-state index contributed by atoms with van der Waals surface area (Å²) >= 11 is 0. The quantitative estimate of drug-likeness (QED) is 0.803. The van der Waals surface area contributed by atoms with Gasteiger partial charge in [0.15, 0.2) is 0 Å². The molecule has 1 aromatic rings. The summed E-state index contributed by atoms with van der Waals surface area (Å²) in [5, 5.41) is 0. The van der Waals surface area contributed by atoms with E-state index in [1.807, 2.05) is 24.3 Å². The molecule has 1 fully saturated rings. The van der Waals surface area contributed by atoms with Crippen LogP contribution in [-0.2, 0) is 4.79 Å². The maximum Gasteiger partial charge on any atom is 0.253 e. The first-order valence-corrected chi connectivity index (χ1v) is 6.42. The van der Waals surface area contributed by atoms with E-state index in [1.54, 1.807) is 19.0 Å². The molecule has 0 radical (unpaired) electrons. The highest BCUT2D eigenvalue weighted by Gasteiger charge is 2.24. The summed E-state index contributed by atoms with van der Waals surface area (Å²) in [6.07, 6.45) is 3.04. The van der Waals surface area contributed by atoms with Gasteiger partial charge in [-0.3, -0.25) is 9.59 Å². The molecule has 2 rings (SSSR count). The Hall–Kier alpha value is -1.64. The van der Waals surface area contributed by atoms with Crippen LogP contribution in [0.2, 0.25) is 0 Å². The zero-order valence-electron chi connectivity index (χ0n) is 11.0. The summed E-state index contributed by atoms with van der Waals surface area (Å²) in [4.78, 5) is 25.0. The number of rotatable bonds is 2. The van der Waals surface area contributed by atoms with Gasteiger partial charge in [-0.1, -0.05) is 18.2 Å².